The van der Waals surface area contributed by atoms with E-state index in [0.717, 1.165) is 52.5 Å². The number of allylic oxidation sites excluding steroid dienone is 1. The molecular weight excluding hydrogens is 506 g/mol. The van der Waals surface area contributed by atoms with Crippen LogP contribution in [0.5, 0.6) is 5.75 Å². The van der Waals surface area contributed by atoms with Crippen LogP contribution in [-0.2, 0) is 9.47 Å². The Hall–Kier alpha value is -3.24. The minimum absolute atomic E-state index is 0.0604. The van der Waals surface area contributed by atoms with E-state index in [-0.39, 0.29) is 6.10 Å². The maximum atomic E-state index is 10.8. The molecule has 202 valence electrons. The minimum atomic E-state index is -0.744. The molecule has 0 radical (unpaired) electrons. The molecule has 9 nitrogen and oxygen atoms in total. The molecule has 0 unspecified atom stereocenters. The van der Waals surface area contributed by atoms with E-state index < -0.39 is 6.10 Å². The number of benzene rings is 2. The van der Waals surface area contributed by atoms with Gasteiger partial charge >= 0.3 is 0 Å². The number of hydrogen-bond acceptors (Lipinski definition) is 8. The van der Waals surface area contributed by atoms with Crippen LogP contribution in [0.15, 0.2) is 48.3 Å². The number of anilines is 1. The number of aliphatic hydroxyl groups excluding tert-OH is 1. The summed E-state index contributed by atoms with van der Waals surface area (Å²) in [5, 5.41) is 17.9. The molecule has 38 heavy (non-hydrogen) atoms. The quantitative estimate of drug-likeness (QED) is 0.327. The predicted octanol–water partition coefficient (Wildman–Crippen LogP) is 3.54. The third kappa shape index (κ3) is 5.61. The van der Waals surface area contributed by atoms with Gasteiger partial charge in [-0.25, -0.2) is 4.98 Å². The van der Waals surface area contributed by atoms with E-state index in [4.69, 9.17) is 30.8 Å². The van der Waals surface area contributed by atoms with E-state index in [9.17, 15) is 5.11 Å². The van der Waals surface area contributed by atoms with E-state index in [0.29, 0.717) is 42.6 Å². The SMILES string of the molecule is COC[C@@H]1CN(c2cc(C)c3nc(C4=C(NC[C@@H](O)c5ccc(OC)c(Cl)c5)C=CNC4)[nH]c3c2)CCO1. The van der Waals surface area contributed by atoms with Crippen LogP contribution < -0.4 is 20.3 Å². The highest BCUT2D eigenvalue weighted by molar-refractivity contribution is 6.32. The van der Waals surface area contributed by atoms with Crippen molar-refractivity contribution in [1.29, 1.82) is 0 Å². The largest absolute Gasteiger partial charge is 0.495 e. The Morgan fingerprint density at radius 2 is 2.16 bits per heavy atom. The van der Waals surface area contributed by atoms with Crippen LogP contribution in [0.4, 0.5) is 5.69 Å². The lowest BCUT2D eigenvalue weighted by Crippen LogP contribution is -2.44. The lowest BCUT2D eigenvalue weighted by Gasteiger charge is -2.34. The fraction of sp³-hybridized carbons (Fsp3) is 0.393. The molecule has 3 aromatic rings. The Morgan fingerprint density at radius 3 is 2.95 bits per heavy atom. The van der Waals surface area contributed by atoms with Gasteiger partial charge in [0.15, 0.2) is 0 Å². The zero-order valence-corrected chi connectivity index (χ0v) is 22.6. The van der Waals surface area contributed by atoms with Crippen LogP contribution in [0.2, 0.25) is 5.02 Å². The molecule has 1 aromatic heterocycles. The number of hydrogen-bond donors (Lipinski definition) is 4. The van der Waals surface area contributed by atoms with Gasteiger partial charge in [-0.2, -0.15) is 0 Å². The number of halogens is 1. The third-order valence-electron chi connectivity index (χ3n) is 6.92. The van der Waals surface area contributed by atoms with Crippen LogP contribution in [-0.4, -0.2) is 74.8 Å². The molecule has 2 aromatic carbocycles. The molecule has 0 amide bonds. The summed E-state index contributed by atoms with van der Waals surface area (Å²) in [5.74, 6) is 1.37. The predicted molar refractivity (Wildman–Crippen MR) is 150 cm³/mol. The number of aliphatic hydroxyl groups is 1. The highest BCUT2D eigenvalue weighted by Gasteiger charge is 2.23. The van der Waals surface area contributed by atoms with Gasteiger partial charge in [0.05, 0.1) is 48.6 Å². The van der Waals surface area contributed by atoms with Gasteiger partial charge in [-0.3, -0.25) is 0 Å². The molecule has 1 fully saturated rings. The second kappa shape index (κ2) is 11.7. The van der Waals surface area contributed by atoms with Crippen molar-refractivity contribution < 1.29 is 19.3 Å². The molecule has 5 rings (SSSR count). The van der Waals surface area contributed by atoms with Crippen molar-refractivity contribution in [2.75, 3.05) is 58.5 Å². The third-order valence-corrected chi connectivity index (χ3v) is 7.22. The van der Waals surface area contributed by atoms with E-state index in [1.807, 2.05) is 18.3 Å². The lowest BCUT2D eigenvalue weighted by molar-refractivity contribution is -0.0100. The van der Waals surface area contributed by atoms with Gasteiger partial charge in [0.25, 0.3) is 0 Å². The number of H-pyrrole nitrogens is 1. The number of morpholine rings is 1. The molecule has 1 saturated heterocycles. The van der Waals surface area contributed by atoms with Gasteiger partial charge < -0.3 is 39.8 Å². The van der Waals surface area contributed by atoms with Crippen LogP contribution in [0.1, 0.15) is 23.1 Å². The highest BCUT2D eigenvalue weighted by atomic mass is 35.5. The standard InChI is InChI=1S/C28H34ClN5O4/c1-17-10-19(34-8-9-38-20(15-34)16-36-2)12-24-27(17)33-28(32-24)21-13-30-7-6-23(21)31-14-25(35)18-4-5-26(37-3)22(29)11-18/h4-7,10-12,20,25,30-31,35H,8-9,13-16H2,1-3H3,(H,32,33)/t20-,25+/m0/s1. The fourth-order valence-electron chi connectivity index (χ4n) is 4.93. The summed E-state index contributed by atoms with van der Waals surface area (Å²) in [6.07, 6.45) is 3.17. The summed E-state index contributed by atoms with van der Waals surface area (Å²) < 4.78 is 16.3. The maximum absolute atomic E-state index is 10.8. The van der Waals surface area contributed by atoms with Crippen LogP contribution in [0, 0.1) is 6.92 Å². The Morgan fingerprint density at radius 1 is 1.29 bits per heavy atom. The number of nitrogens with one attached hydrogen (secondary N) is 3. The smallest absolute Gasteiger partial charge is 0.138 e. The lowest BCUT2D eigenvalue weighted by atomic mass is 10.1. The van der Waals surface area contributed by atoms with Gasteiger partial charge in [-0.05, 0) is 54.6 Å². The first-order valence-corrected chi connectivity index (χ1v) is 13.1. The van der Waals surface area contributed by atoms with Crippen molar-refractivity contribution in [2.24, 2.45) is 0 Å². The Labute approximate surface area is 227 Å². The van der Waals surface area contributed by atoms with E-state index >= 15 is 0 Å². The molecule has 4 N–H and O–H groups in total. The summed E-state index contributed by atoms with van der Waals surface area (Å²) in [6, 6.07) is 9.65. The number of nitrogens with zero attached hydrogens (tertiary/aromatic N) is 2. The van der Waals surface area contributed by atoms with Crippen molar-refractivity contribution in [3.8, 4) is 5.75 Å². The van der Waals surface area contributed by atoms with Gasteiger partial charge in [0.1, 0.15) is 11.6 Å². The number of aromatic amines is 1. The molecule has 2 aliphatic heterocycles. The van der Waals surface area contributed by atoms with Gasteiger partial charge in [-0.1, -0.05) is 17.7 Å². The summed E-state index contributed by atoms with van der Waals surface area (Å²) in [4.78, 5) is 10.8. The van der Waals surface area contributed by atoms with Crippen LogP contribution in [0.25, 0.3) is 16.6 Å². The molecule has 10 heteroatoms. The number of aryl methyl sites for hydroxylation is 1. The summed E-state index contributed by atoms with van der Waals surface area (Å²) in [6.45, 7) is 5.89. The van der Waals surface area contributed by atoms with Crippen molar-refractivity contribution in [3.05, 3.63) is 70.3 Å². The molecular formula is C28H34ClN5O4. The monoisotopic (exact) mass is 539 g/mol. The Bertz CT molecular complexity index is 1350. The Balaban J connectivity index is 1.37. The maximum Gasteiger partial charge on any atom is 0.138 e. The van der Waals surface area contributed by atoms with Crippen LogP contribution >= 0.6 is 11.6 Å². The number of fused-ring (bicyclic) bond motifs is 1. The molecule has 2 atom stereocenters. The van der Waals surface area contributed by atoms with Crippen molar-refractivity contribution >= 4 is 33.9 Å². The topological polar surface area (TPSA) is 104 Å². The number of methoxy groups -OCH3 is 2. The number of aromatic nitrogens is 2. The number of ether oxygens (including phenoxy) is 3. The first-order chi connectivity index (χ1) is 18.5. The summed E-state index contributed by atoms with van der Waals surface area (Å²) in [5.41, 5.74) is 6.79. The number of imidazole rings is 1. The first kappa shape index (κ1) is 26.4. The summed E-state index contributed by atoms with van der Waals surface area (Å²) >= 11 is 6.25. The van der Waals surface area contributed by atoms with E-state index in [1.54, 1.807) is 26.4 Å². The van der Waals surface area contributed by atoms with Gasteiger partial charge in [0, 0.05) is 50.2 Å². The minimum Gasteiger partial charge on any atom is -0.495 e. The molecule has 0 saturated carbocycles. The highest BCUT2D eigenvalue weighted by Crippen LogP contribution is 2.30. The van der Waals surface area contributed by atoms with E-state index in [2.05, 4.69) is 39.6 Å². The second-order valence-corrected chi connectivity index (χ2v) is 9.94. The molecule has 0 aliphatic carbocycles. The Kier molecular flexibility index (Phi) is 8.09. The van der Waals surface area contributed by atoms with Crippen molar-refractivity contribution in [2.45, 2.75) is 19.1 Å². The average Bonchev–Trinajstić information content (AvgIpc) is 3.37. The zero-order chi connectivity index (χ0) is 26.6. The number of dihydropyridines is 1. The average molecular weight is 540 g/mol. The first-order valence-electron chi connectivity index (χ1n) is 12.7. The molecule has 2 aliphatic rings. The zero-order valence-electron chi connectivity index (χ0n) is 21.9. The molecule has 0 spiro atoms. The fourth-order valence-corrected chi connectivity index (χ4v) is 5.19. The second-order valence-electron chi connectivity index (χ2n) is 9.54. The summed E-state index contributed by atoms with van der Waals surface area (Å²) in [7, 11) is 3.27. The van der Waals surface area contributed by atoms with Crippen LogP contribution in [0.3, 0.4) is 0 Å². The normalized spacial score (nSPS) is 18.6. The van der Waals surface area contributed by atoms with Crippen molar-refractivity contribution in [1.82, 2.24) is 20.6 Å². The number of rotatable bonds is 9. The molecule has 0 bridgehead atoms. The van der Waals surface area contributed by atoms with Gasteiger partial charge in [-0.15, -0.1) is 0 Å². The van der Waals surface area contributed by atoms with Gasteiger partial charge in [0.2, 0.25) is 0 Å². The van der Waals surface area contributed by atoms with E-state index in [1.165, 1.54) is 0 Å². The molecule has 3 heterocycles. The van der Waals surface area contributed by atoms with Crippen molar-refractivity contribution in [3.63, 3.8) is 0 Å².